The summed E-state index contributed by atoms with van der Waals surface area (Å²) in [5.74, 6) is -1.01. The van der Waals surface area contributed by atoms with E-state index in [9.17, 15) is 14.4 Å². The van der Waals surface area contributed by atoms with Crippen molar-refractivity contribution in [2.24, 2.45) is 0 Å². The Kier molecular flexibility index (Phi) is 9.01. The molecule has 2 N–H and O–H groups in total. The Balaban J connectivity index is 1.86. The molecule has 1 atom stereocenters. The molecule has 1 aliphatic carbocycles. The molecule has 1 saturated carbocycles. The van der Waals surface area contributed by atoms with Crippen LogP contribution in [0.2, 0.25) is 0 Å². The molecule has 0 saturated heterocycles. The van der Waals surface area contributed by atoms with Crippen LogP contribution in [-0.2, 0) is 21.4 Å². The van der Waals surface area contributed by atoms with Gasteiger partial charge in [-0.15, -0.1) is 0 Å². The fraction of sp³-hybridized carbons (Fsp3) is 0.500. The molecule has 8 nitrogen and oxygen atoms in total. The lowest BCUT2D eigenvalue weighted by molar-refractivity contribution is 0.0903. The number of carbonyl (C=O) groups excluding carboxylic acids is 2. The number of benzene rings is 1. The van der Waals surface area contributed by atoms with E-state index in [4.69, 9.17) is 9.47 Å². The number of nitrogens with zero attached hydrogens (tertiary/aromatic N) is 1. The second-order valence-electron chi connectivity index (χ2n) is 9.01. The van der Waals surface area contributed by atoms with E-state index in [1.54, 1.807) is 18.6 Å². The van der Waals surface area contributed by atoms with Crippen LogP contribution in [0, 0.1) is 0 Å². The molecule has 1 fully saturated rings. The van der Waals surface area contributed by atoms with Crippen molar-refractivity contribution in [3.05, 3.63) is 69.6 Å². The molecule has 3 rings (SSSR count). The highest BCUT2D eigenvalue weighted by Crippen LogP contribution is 2.40. The summed E-state index contributed by atoms with van der Waals surface area (Å²) < 4.78 is 11.8. The molecular weight excluding hydrogens is 434 g/mol. The van der Waals surface area contributed by atoms with Crippen molar-refractivity contribution >= 4 is 11.8 Å². The number of ether oxygens (including phenoxy) is 2. The number of aromatic nitrogens is 1. The topological polar surface area (TPSA) is 98.7 Å². The van der Waals surface area contributed by atoms with E-state index >= 15 is 0 Å². The molecule has 0 bridgehead atoms. The van der Waals surface area contributed by atoms with Gasteiger partial charge in [-0.2, -0.15) is 0 Å². The van der Waals surface area contributed by atoms with Crippen LogP contribution in [0.5, 0.6) is 0 Å². The monoisotopic (exact) mass is 469 g/mol. The van der Waals surface area contributed by atoms with E-state index < -0.39 is 17.2 Å². The fourth-order valence-corrected chi connectivity index (χ4v) is 4.63. The molecule has 1 heterocycles. The molecule has 0 radical (unpaired) electrons. The summed E-state index contributed by atoms with van der Waals surface area (Å²) in [7, 11) is 3.11. The molecule has 0 unspecified atom stereocenters. The molecule has 184 valence electrons. The zero-order valence-corrected chi connectivity index (χ0v) is 20.3. The van der Waals surface area contributed by atoms with E-state index in [0.29, 0.717) is 26.3 Å². The Bertz CT molecular complexity index is 1030. The Morgan fingerprint density at radius 3 is 2.29 bits per heavy atom. The van der Waals surface area contributed by atoms with Crippen LogP contribution in [0.4, 0.5) is 0 Å². The SMILES string of the molecule is COCCn1cc(C(=O)NCC2(c3ccccc3)CCCC2)c(=O)c(C(=O)N[C@H](C)COC)c1. The van der Waals surface area contributed by atoms with Crippen molar-refractivity contribution in [3.63, 3.8) is 0 Å². The minimum Gasteiger partial charge on any atom is -0.383 e. The molecule has 34 heavy (non-hydrogen) atoms. The largest absolute Gasteiger partial charge is 0.383 e. The fourth-order valence-electron chi connectivity index (χ4n) is 4.63. The van der Waals surface area contributed by atoms with Crippen molar-refractivity contribution in [2.75, 3.05) is 34.0 Å². The van der Waals surface area contributed by atoms with E-state index in [1.165, 1.54) is 25.1 Å². The summed E-state index contributed by atoms with van der Waals surface area (Å²) in [6.45, 7) is 3.31. The van der Waals surface area contributed by atoms with Gasteiger partial charge in [0, 0.05) is 51.2 Å². The van der Waals surface area contributed by atoms with Crippen molar-refractivity contribution in [1.29, 1.82) is 0 Å². The first-order valence-corrected chi connectivity index (χ1v) is 11.8. The van der Waals surface area contributed by atoms with E-state index in [-0.39, 0.29) is 22.6 Å². The Morgan fingerprint density at radius 2 is 1.68 bits per heavy atom. The number of carbonyl (C=O) groups is 2. The Hall–Kier alpha value is -2.97. The average molecular weight is 470 g/mol. The van der Waals surface area contributed by atoms with Crippen molar-refractivity contribution in [2.45, 2.75) is 50.6 Å². The summed E-state index contributed by atoms with van der Waals surface area (Å²) >= 11 is 0. The molecule has 2 amide bonds. The van der Waals surface area contributed by atoms with Gasteiger partial charge in [0.25, 0.3) is 11.8 Å². The van der Waals surface area contributed by atoms with Crippen LogP contribution in [0.1, 0.15) is 58.9 Å². The predicted octanol–water partition coefficient (Wildman–Crippen LogP) is 2.50. The van der Waals surface area contributed by atoms with Crippen LogP contribution in [0.3, 0.4) is 0 Å². The lowest BCUT2D eigenvalue weighted by atomic mass is 9.79. The maximum absolute atomic E-state index is 13.2. The third-order valence-corrected chi connectivity index (χ3v) is 6.45. The van der Waals surface area contributed by atoms with Gasteiger partial charge in [-0.05, 0) is 25.3 Å². The second kappa shape index (κ2) is 11.9. The minimum atomic E-state index is -0.589. The van der Waals surface area contributed by atoms with E-state index in [0.717, 1.165) is 25.7 Å². The maximum Gasteiger partial charge on any atom is 0.257 e. The molecule has 8 heteroatoms. The average Bonchev–Trinajstić information content (AvgIpc) is 3.32. The maximum atomic E-state index is 13.2. The van der Waals surface area contributed by atoms with Gasteiger partial charge >= 0.3 is 0 Å². The van der Waals surface area contributed by atoms with Gasteiger partial charge in [0.05, 0.1) is 13.2 Å². The molecule has 1 aromatic heterocycles. The molecule has 0 aliphatic heterocycles. The van der Waals surface area contributed by atoms with Gasteiger partial charge in [0.2, 0.25) is 5.43 Å². The molecular formula is C26H35N3O5. The quantitative estimate of drug-likeness (QED) is 0.527. The second-order valence-corrected chi connectivity index (χ2v) is 9.01. The zero-order valence-electron chi connectivity index (χ0n) is 20.3. The standard InChI is InChI=1S/C26H35N3O5/c1-19(17-34-3)28-25(32)22-16-29(13-14-33-2)15-21(23(22)30)24(31)27-18-26(11-7-8-12-26)20-9-5-4-6-10-20/h4-6,9-10,15-16,19H,7-8,11-14,17-18H2,1-3H3,(H,27,31)(H,28,32)/t19-/m1/s1. The first kappa shape index (κ1) is 25.6. The van der Waals surface area contributed by atoms with Crippen LogP contribution in [-0.4, -0.2) is 56.4 Å². The molecule has 1 aliphatic rings. The van der Waals surface area contributed by atoms with Crippen molar-refractivity contribution in [3.8, 4) is 0 Å². The summed E-state index contributed by atoms with van der Waals surface area (Å²) in [5.41, 5.74) is 0.338. The number of amides is 2. The van der Waals surface area contributed by atoms with Gasteiger partial charge in [-0.3, -0.25) is 14.4 Å². The van der Waals surface area contributed by atoms with Gasteiger partial charge < -0.3 is 24.7 Å². The lowest BCUT2D eigenvalue weighted by Crippen LogP contribution is -2.42. The summed E-state index contributed by atoms with van der Waals surface area (Å²) in [5, 5.41) is 5.75. The Morgan fingerprint density at radius 1 is 1.03 bits per heavy atom. The van der Waals surface area contributed by atoms with Crippen molar-refractivity contribution < 1.29 is 19.1 Å². The van der Waals surface area contributed by atoms with Crippen LogP contribution in [0.25, 0.3) is 0 Å². The zero-order chi connectivity index (χ0) is 24.6. The first-order chi connectivity index (χ1) is 16.4. The number of rotatable bonds is 11. The minimum absolute atomic E-state index is 0.0515. The van der Waals surface area contributed by atoms with Crippen LogP contribution >= 0.6 is 0 Å². The Labute approximate surface area is 200 Å². The molecule has 0 spiro atoms. The third-order valence-electron chi connectivity index (χ3n) is 6.45. The number of nitrogens with one attached hydrogen (secondary N) is 2. The first-order valence-electron chi connectivity index (χ1n) is 11.8. The number of hydrogen-bond acceptors (Lipinski definition) is 5. The van der Waals surface area contributed by atoms with Gasteiger partial charge in [-0.25, -0.2) is 0 Å². The summed E-state index contributed by atoms with van der Waals surface area (Å²) in [4.78, 5) is 39.2. The van der Waals surface area contributed by atoms with E-state index in [1.807, 2.05) is 18.2 Å². The van der Waals surface area contributed by atoms with Gasteiger partial charge in [0.15, 0.2) is 0 Å². The molecule has 1 aromatic carbocycles. The smallest absolute Gasteiger partial charge is 0.257 e. The highest BCUT2D eigenvalue weighted by Gasteiger charge is 2.36. The van der Waals surface area contributed by atoms with E-state index in [2.05, 4.69) is 22.8 Å². The summed E-state index contributed by atoms with van der Waals surface area (Å²) in [6, 6.07) is 9.92. The summed E-state index contributed by atoms with van der Waals surface area (Å²) in [6.07, 6.45) is 7.13. The highest BCUT2D eigenvalue weighted by molar-refractivity contribution is 5.99. The van der Waals surface area contributed by atoms with Crippen molar-refractivity contribution in [1.82, 2.24) is 15.2 Å². The lowest BCUT2D eigenvalue weighted by Gasteiger charge is -2.30. The van der Waals surface area contributed by atoms with Crippen LogP contribution in [0.15, 0.2) is 47.5 Å². The predicted molar refractivity (Wildman–Crippen MR) is 130 cm³/mol. The third kappa shape index (κ3) is 6.12. The van der Waals surface area contributed by atoms with Crippen LogP contribution < -0.4 is 16.1 Å². The number of methoxy groups -OCH3 is 2. The number of pyridine rings is 1. The van der Waals surface area contributed by atoms with Gasteiger partial charge in [-0.1, -0.05) is 43.2 Å². The highest BCUT2D eigenvalue weighted by atomic mass is 16.5. The molecule has 2 aromatic rings. The van der Waals surface area contributed by atoms with Gasteiger partial charge in [0.1, 0.15) is 11.1 Å². The normalized spacial score (nSPS) is 15.6. The number of hydrogen-bond donors (Lipinski definition) is 2.